The standard InChI is InChI=1S/C10H9FO4S/c11-8-5-6(15-9(12)3-4-16)1-2-7(8)10(13)14/h1-2,5,16H,3-4H2,(H,13,14). The maximum absolute atomic E-state index is 13.1. The van der Waals surface area contributed by atoms with Crippen LogP contribution < -0.4 is 4.74 Å². The lowest BCUT2D eigenvalue weighted by Gasteiger charge is -2.04. The fourth-order valence-electron chi connectivity index (χ4n) is 1.01. The molecule has 0 fully saturated rings. The van der Waals surface area contributed by atoms with Gasteiger partial charge in [0.25, 0.3) is 0 Å². The third kappa shape index (κ3) is 3.23. The van der Waals surface area contributed by atoms with Gasteiger partial charge in [-0.2, -0.15) is 12.6 Å². The number of hydrogen-bond donors (Lipinski definition) is 2. The average Bonchev–Trinajstić information content (AvgIpc) is 2.17. The first kappa shape index (κ1) is 12.5. The van der Waals surface area contributed by atoms with E-state index < -0.39 is 23.3 Å². The van der Waals surface area contributed by atoms with Gasteiger partial charge in [0.05, 0.1) is 12.0 Å². The van der Waals surface area contributed by atoms with E-state index in [0.29, 0.717) is 5.75 Å². The maximum Gasteiger partial charge on any atom is 0.338 e. The molecule has 16 heavy (non-hydrogen) atoms. The zero-order chi connectivity index (χ0) is 12.1. The van der Waals surface area contributed by atoms with E-state index in [1.54, 1.807) is 0 Å². The Labute approximate surface area is 96.4 Å². The second-order valence-corrected chi connectivity index (χ2v) is 3.34. The van der Waals surface area contributed by atoms with Crippen LogP contribution in [0.25, 0.3) is 0 Å². The lowest BCUT2D eigenvalue weighted by Crippen LogP contribution is -2.09. The summed E-state index contributed by atoms with van der Waals surface area (Å²) in [5.74, 6) is -2.55. The van der Waals surface area contributed by atoms with E-state index in [9.17, 15) is 14.0 Å². The minimum atomic E-state index is -1.37. The summed E-state index contributed by atoms with van der Waals surface area (Å²) in [5.41, 5.74) is -0.464. The van der Waals surface area contributed by atoms with E-state index in [1.807, 2.05) is 0 Å². The quantitative estimate of drug-likeness (QED) is 0.481. The van der Waals surface area contributed by atoms with Crippen molar-refractivity contribution in [3.05, 3.63) is 29.6 Å². The fourth-order valence-corrected chi connectivity index (χ4v) is 1.19. The van der Waals surface area contributed by atoms with Gasteiger partial charge in [-0.15, -0.1) is 0 Å². The van der Waals surface area contributed by atoms with Crippen molar-refractivity contribution in [2.75, 3.05) is 5.75 Å². The Balaban J connectivity index is 2.81. The number of aromatic carboxylic acids is 1. The Hall–Kier alpha value is -1.56. The topological polar surface area (TPSA) is 63.6 Å². The van der Waals surface area contributed by atoms with Crippen LogP contribution in [0, 0.1) is 5.82 Å². The number of benzene rings is 1. The van der Waals surface area contributed by atoms with Crippen molar-refractivity contribution in [2.45, 2.75) is 6.42 Å². The van der Waals surface area contributed by atoms with Gasteiger partial charge in [0, 0.05) is 11.8 Å². The smallest absolute Gasteiger partial charge is 0.338 e. The lowest BCUT2D eigenvalue weighted by molar-refractivity contribution is -0.133. The highest BCUT2D eigenvalue weighted by Crippen LogP contribution is 2.17. The molecule has 0 radical (unpaired) electrons. The summed E-state index contributed by atoms with van der Waals surface area (Å²) < 4.78 is 17.9. The molecule has 0 aliphatic carbocycles. The highest BCUT2D eigenvalue weighted by molar-refractivity contribution is 7.80. The Morgan fingerprint density at radius 2 is 2.12 bits per heavy atom. The number of hydrogen-bond acceptors (Lipinski definition) is 4. The van der Waals surface area contributed by atoms with Crippen LogP contribution in [-0.4, -0.2) is 22.8 Å². The minimum Gasteiger partial charge on any atom is -0.478 e. The molecule has 0 unspecified atom stereocenters. The Morgan fingerprint density at radius 3 is 2.62 bits per heavy atom. The van der Waals surface area contributed by atoms with Crippen molar-refractivity contribution in [3.63, 3.8) is 0 Å². The van der Waals surface area contributed by atoms with Crippen molar-refractivity contribution >= 4 is 24.6 Å². The average molecular weight is 244 g/mol. The van der Waals surface area contributed by atoms with Crippen LogP contribution >= 0.6 is 12.6 Å². The van der Waals surface area contributed by atoms with E-state index in [1.165, 1.54) is 6.07 Å². The van der Waals surface area contributed by atoms with Gasteiger partial charge in [-0.25, -0.2) is 9.18 Å². The number of carbonyl (C=O) groups excluding carboxylic acids is 1. The van der Waals surface area contributed by atoms with Crippen LogP contribution in [0.5, 0.6) is 5.75 Å². The molecular weight excluding hydrogens is 235 g/mol. The lowest BCUT2D eigenvalue weighted by atomic mass is 10.2. The molecule has 0 aliphatic rings. The molecule has 0 aromatic heterocycles. The summed E-state index contributed by atoms with van der Waals surface area (Å²) >= 11 is 3.84. The van der Waals surface area contributed by atoms with Crippen molar-refractivity contribution in [3.8, 4) is 5.75 Å². The fraction of sp³-hybridized carbons (Fsp3) is 0.200. The number of carboxylic acid groups (broad SMARTS) is 1. The molecule has 1 N–H and O–H groups in total. The van der Waals surface area contributed by atoms with Crippen molar-refractivity contribution in [1.29, 1.82) is 0 Å². The number of esters is 1. The maximum atomic E-state index is 13.1. The summed E-state index contributed by atoms with van der Waals surface area (Å²) in [7, 11) is 0. The molecule has 0 aliphatic heterocycles. The number of thiol groups is 1. The predicted molar refractivity (Wildman–Crippen MR) is 57.5 cm³/mol. The molecule has 0 heterocycles. The molecule has 6 heteroatoms. The van der Waals surface area contributed by atoms with Gasteiger partial charge in [-0.1, -0.05) is 0 Å². The van der Waals surface area contributed by atoms with Crippen LogP contribution in [0.3, 0.4) is 0 Å². The first-order chi connectivity index (χ1) is 7.54. The van der Waals surface area contributed by atoms with Gasteiger partial charge in [0.2, 0.25) is 0 Å². The van der Waals surface area contributed by atoms with Crippen LogP contribution in [0.4, 0.5) is 4.39 Å². The molecule has 0 saturated carbocycles. The molecule has 86 valence electrons. The Kier molecular flexibility index (Phi) is 4.30. The van der Waals surface area contributed by atoms with Crippen LogP contribution in [0.2, 0.25) is 0 Å². The number of halogens is 1. The predicted octanol–water partition coefficient (Wildman–Crippen LogP) is 1.75. The van der Waals surface area contributed by atoms with Crippen LogP contribution in [-0.2, 0) is 4.79 Å². The van der Waals surface area contributed by atoms with E-state index in [0.717, 1.165) is 12.1 Å². The molecule has 1 aromatic carbocycles. The molecule has 1 rings (SSSR count). The molecule has 0 spiro atoms. The van der Waals surface area contributed by atoms with E-state index >= 15 is 0 Å². The molecule has 0 saturated heterocycles. The van der Waals surface area contributed by atoms with E-state index in [4.69, 9.17) is 9.84 Å². The van der Waals surface area contributed by atoms with Crippen LogP contribution in [0.15, 0.2) is 18.2 Å². The summed E-state index contributed by atoms with van der Waals surface area (Å²) in [5, 5.41) is 8.56. The number of carbonyl (C=O) groups is 2. The summed E-state index contributed by atoms with van der Waals surface area (Å²) in [4.78, 5) is 21.5. The first-order valence-electron chi connectivity index (χ1n) is 4.39. The first-order valence-corrected chi connectivity index (χ1v) is 5.02. The highest BCUT2D eigenvalue weighted by atomic mass is 32.1. The number of rotatable bonds is 4. The van der Waals surface area contributed by atoms with Gasteiger partial charge >= 0.3 is 11.9 Å². The molecule has 4 nitrogen and oxygen atoms in total. The summed E-state index contributed by atoms with van der Waals surface area (Å²) in [6, 6.07) is 3.13. The molecule has 0 bridgehead atoms. The van der Waals surface area contributed by atoms with Gasteiger partial charge in [-0.05, 0) is 12.1 Å². The monoisotopic (exact) mass is 244 g/mol. The van der Waals surface area contributed by atoms with Gasteiger partial charge in [-0.3, -0.25) is 4.79 Å². The Morgan fingerprint density at radius 1 is 1.44 bits per heavy atom. The summed E-state index contributed by atoms with van der Waals surface area (Å²) in [6.45, 7) is 0. The number of carboxylic acids is 1. The molecule has 0 atom stereocenters. The van der Waals surface area contributed by atoms with Gasteiger partial charge in [0.15, 0.2) is 0 Å². The normalized spacial score (nSPS) is 9.88. The molecule has 1 aromatic rings. The van der Waals surface area contributed by atoms with Crippen molar-refractivity contribution < 1.29 is 23.8 Å². The largest absolute Gasteiger partial charge is 0.478 e. The second-order valence-electron chi connectivity index (χ2n) is 2.89. The van der Waals surface area contributed by atoms with Crippen molar-refractivity contribution in [2.24, 2.45) is 0 Å². The van der Waals surface area contributed by atoms with Gasteiger partial charge < -0.3 is 9.84 Å². The Bertz CT molecular complexity index is 419. The molecule has 0 amide bonds. The van der Waals surface area contributed by atoms with Crippen molar-refractivity contribution in [1.82, 2.24) is 0 Å². The number of ether oxygens (including phenoxy) is 1. The zero-order valence-corrected chi connectivity index (χ0v) is 9.04. The SMILES string of the molecule is O=C(CCS)Oc1ccc(C(=O)O)c(F)c1. The van der Waals surface area contributed by atoms with E-state index in [-0.39, 0.29) is 12.2 Å². The zero-order valence-electron chi connectivity index (χ0n) is 8.14. The highest BCUT2D eigenvalue weighted by Gasteiger charge is 2.12. The summed E-state index contributed by atoms with van der Waals surface area (Å²) in [6.07, 6.45) is 0.103. The third-order valence-corrected chi connectivity index (χ3v) is 1.94. The van der Waals surface area contributed by atoms with Crippen LogP contribution in [0.1, 0.15) is 16.8 Å². The minimum absolute atomic E-state index is 0.0192. The molecular formula is C10H9FO4S. The van der Waals surface area contributed by atoms with Gasteiger partial charge in [0.1, 0.15) is 11.6 Å². The van der Waals surface area contributed by atoms with E-state index in [2.05, 4.69) is 12.6 Å². The second kappa shape index (κ2) is 5.50. The third-order valence-electron chi connectivity index (χ3n) is 1.72.